The number of rotatable bonds is 4. The molecule has 0 saturated heterocycles. The van der Waals surface area contributed by atoms with Crippen molar-refractivity contribution in [2.45, 2.75) is 20.3 Å². The van der Waals surface area contributed by atoms with Crippen molar-refractivity contribution in [1.29, 1.82) is 0 Å². The van der Waals surface area contributed by atoms with Gasteiger partial charge in [0.1, 0.15) is 0 Å². The maximum atomic E-state index is 12.3. The van der Waals surface area contributed by atoms with Crippen molar-refractivity contribution in [3.05, 3.63) is 94.3 Å². The molecule has 32 heavy (non-hydrogen) atoms. The molecule has 4 aromatic rings. The summed E-state index contributed by atoms with van der Waals surface area (Å²) in [6.07, 6.45) is 3.90. The highest BCUT2D eigenvalue weighted by Gasteiger charge is 2.21. The van der Waals surface area contributed by atoms with E-state index in [-0.39, 0.29) is 11.7 Å². The molecule has 5 rings (SSSR count). The van der Waals surface area contributed by atoms with E-state index in [2.05, 4.69) is 33.5 Å². The summed E-state index contributed by atoms with van der Waals surface area (Å²) in [6, 6.07) is 14.8. The molecule has 0 atom stereocenters. The maximum Gasteiger partial charge on any atom is 0.291 e. The van der Waals surface area contributed by atoms with Crippen molar-refractivity contribution in [2.75, 3.05) is 5.32 Å². The number of pyridine rings is 2. The summed E-state index contributed by atoms with van der Waals surface area (Å²) in [4.78, 5) is 26.0. The van der Waals surface area contributed by atoms with Crippen LogP contribution in [0.4, 0.5) is 11.5 Å². The molecule has 0 bridgehead atoms. The lowest BCUT2D eigenvalue weighted by Crippen LogP contribution is -2.11. The number of anilines is 1. The average Bonchev–Trinajstić information content (AvgIpc) is 3.44. The van der Waals surface area contributed by atoms with Crippen LogP contribution in [-0.2, 0) is 6.42 Å². The summed E-state index contributed by atoms with van der Waals surface area (Å²) >= 11 is 6.48. The third-order valence-electron chi connectivity index (χ3n) is 5.24. The number of nitrogens with zero attached hydrogens (tertiary/aromatic N) is 3. The highest BCUT2D eigenvalue weighted by atomic mass is 35.5. The molecule has 6 nitrogen and oxygen atoms in total. The summed E-state index contributed by atoms with van der Waals surface area (Å²) in [5, 5.41) is 3.39. The van der Waals surface area contributed by atoms with Gasteiger partial charge in [0.2, 0.25) is 0 Å². The van der Waals surface area contributed by atoms with E-state index in [4.69, 9.17) is 21.0 Å². The molecular formula is C25H19ClN4O2. The fraction of sp³-hybridized carbons (Fsp3) is 0.120. The van der Waals surface area contributed by atoms with Gasteiger partial charge in [-0.3, -0.25) is 9.78 Å². The predicted octanol–water partition coefficient (Wildman–Crippen LogP) is 5.94. The van der Waals surface area contributed by atoms with Crippen LogP contribution in [0.5, 0.6) is 0 Å². The van der Waals surface area contributed by atoms with Crippen LogP contribution >= 0.6 is 11.6 Å². The summed E-state index contributed by atoms with van der Waals surface area (Å²) in [5.74, 6) is 0.604. The molecule has 1 aromatic carbocycles. The van der Waals surface area contributed by atoms with E-state index in [1.54, 1.807) is 24.3 Å². The minimum absolute atomic E-state index is 0.241. The minimum Gasteiger partial charge on any atom is -0.459 e. The third kappa shape index (κ3) is 3.92. The van der Waals surface area contributed by atoms with Gasteiger partial charge in [-0.2, -0.15) is 0 Å². The zero-order valence-electron chi connectivity index (χ0n) is 17.5. The van der Waals surface area contributed by atoms with E-state index in [0.717, 1.165) is 39.4 Å². The van der Waals surface area contributed by atoms with E-state index >= 15 is 0 Å². The molecule has 0 radical (unpaired) electrons. The zero-order valence-corrected chi connectivity index (χ0v) is 18.3. The van der Waals surface area contributed by atoms with Crippen LogP contribution in [0.15, 0.2) is 70.4 Å². The monoisotopic (exact) mass is 442 g/mol. The SMILES string of the molecule is Cc1cc(-c2cnc3c(c2)CC(c2cc(NC(=O)c4ccco4)ccc2Cl)=N3)cc(C)n1. The van der Waals surface area contributed by atoms with E-state index < -0.39 is 0 Å². The molecule has 0 fully saturated rings. The third-order valence-corrected chi connectivity index (χ3v) is 5.57. The number of hydrogen-bond acceptors (Lipinski definition) is 5. The quantitative estimate of drug-likeness (QED) is 0.424. The number of hydrogen-bond donors (Lipinski definition) is 1. The van der Waals surface area contributed by atoms with E-state index in [9.17, 15) is 4.79 Å². The summed E-state index contributed by atoms with van der Waals surface area (Å²) in [5.41, 5.74) is 7.27. The first-order chi connectivity index (χ1) is 15.5. The van der Waals surface area contributed by atoms with Gasteiger partial charge in [0.05, 0.1) is 12.0 Å². The van der Waals surface area contributed by atoms with Gasteiger partial charge in [-0.05, 0) is 67.9 Å². The van der Waals surface area contributed by atoms with Crippen molar-refractivity contribution in [3.8, 4) is 11.1 Å². The van der Waals surface area contributed by atoms with Gasteiger partial charge in [0, 0.05) is 51.4 Å². The molecule has 1 aliphatic heterocycles. The summed E-state index contributed by atoms with van der Waals surface area (Å²) in [7, 11) is 0. The number of aliphatic imine (C=N–C) groups is 1. The van der Waals surface area contributed by atoms with Gasteiger partial charge < -0.3 is 9.73 Å². The first-order valence-corrected chi connectivity index (χ1v) is 10.5. The lowest BCUT2D eigenvalue weighted by atomic mass is 10.0. The number of nitrogens with one attached hydrogen (secondary N) is 1. The molecule has 4 heterocycles. The Morgan fingerprint density at radius 1 is 1.06 bits per heavy atom. The van der Waals surface area contributed by atoms with Crippen molar-refractivity contribution in [1.82, 2.24) is 9.97 Å². The summed E-state index contributed by atoms with van der Waals surface area (Å²) in [6.45, 7) is 3.97. The summed E-state index contributed by atoms with van der Waals surface area (Å²) < 4.78 is 5.15. The highest BCUT2D eigenvalue weighted by Crippen LogP contribution is 2.33. The molecule has 1 N–H and O–H groups in total. The van der Waals surface area contributed by atoms with Gasteiger partial charge in [-0.15, -0.1) is 0 Å². The van der Waals surface area contributed by atoms with Crippen LogP contribution in [0.3, 0.4) is 0 Å². The lowest BCUT2D eigenvalue weighted by Gasteiger charge is -2.09. The first kappa shape index (κ1) is 20.2. The number of furan rings is 1. The Bertz CT molecular complexity index is 1360. The predicted molar refractivity (Wildman–Crippen MR) is 125 cm³/mol. The van der Waals surface area contributed by atoms with E-state index in [1.807, 2.05) is 26.1 Å². The van der Waals surface area contributed by atoms with Crippen LogP contribution < -0.4 is 5.32 Å². The first-order valence-electron chi connectivity index (χ1n) is 10.1. The normalized spacial score (nSPS) is 12.4. The largest absolute Gasteiger partial charge is 0.459 e. The van der Waals surface area contributed by atoms with Crippen molar-refractivity contribution in [3.63, 3.8) is 0 Å². The number of carbonyl (C=O) groups is 1. The van der Waals surface area contributed by atoms with Crippen LogP contribution in [0, 0.1) is 13.8 Å². The number of carbonyl (C=O) groups excluding carboxylic acids is 1. The van der Waals surface area contributed by atoms with E-state index in [0.29, 0.717) is 22.9 Å². The number of fused-ring (bicyclic) bond motifs is 1. The molecule has 7 heteroatoms. The van der Waals surface area contributed by atoms with Crippen molar-refractivity contribution in [2.24, 2.45) is 4.99 Å². The highest BCUT2D eigenvalue weighted by molar-refractivity contribution is 6.34. The van der Waals surface area contributed by atoms with Crippen molar-refractivity contribution >= 4 is 34.7 Å². The maximum absolute atomic E-state index is 12.3. The van der Waals surface area contributed by atoms with E-state index in [1.165, 1.54) is 6.26 Å². The molecule has 0 saturated carbocycles. The fourth-order valence-electron chi connectivity index (χ4n) is 3.82. The zero-order chi connectivity index (χ0) is 22.2. The van der Waals surface area contributed by atoms with Gasteiger partial charge in [-0.25, -0.2) is 9.98 Å². The number of aryl methyl sites for hydroxylation is 2. The topological polar surface area (TPSA) is 80.4 Å². The standard InChI is InChI=1S/C25H19ClN4O2/c1-14-8-16(9-15(2)28-14)18-10-17-11-22(30-24(17)27-13-18)20-12-19(5-6-21(20)26)29-25(31)23-4-3-7-32-23/h3-10,12-13H,11H2,1-2H3,(H,29,31). The smallest absolute Gasteiger partial charge is 0.291 e. The Labute approximate surface area is 190 Å². The molecule has 158 valence electrons. The number of aromatic nitrogens is 2. The Hall–Kier alpha value is -3.77. The number of halogens is 1. The molecule has 1 amide bonds. The minimum atomic E-state index is -0.325. The number of amides is 1. The van der Waals surface area contributed by atoms with Crippen molar-refractivity contribution < 1.29 is 9.21 Å². The Morgan fingerprint density at radius 2 is 1.88 bits per heavy atom. The second-order valence-corrected chi connectivity index (χ2v) is 8.11. The number of benzene rings is 1. The van der Waals surface area contributed by atoms with Gasteiger partial charge in [-0.1, -0.05) is 11.6 Å². The fourth-order valence-corrected chi connectivity index (χ4v) is 4.05. The van der Waals surface area contributed by atoms with Crippen LogP contribution in [0.25, 0.3) is 11.1 Å². The Morgan fingerprint density at radius 3 is 2.62 bits per heavy atom. The van der Waals surface area contributed by atoms with Crippen LogP contribution in [0.2, 0.25) is 5.02 Å². The molecule has 0 unspecified atom stereocenters. The van der Waals surface area contributed by atoms with Gasteiger partial charge in [0.25, 0.3) is 5.91 Å². The van der Waals surface area contributed by atoms with Crippen LogP contribution in [0.1, 0.15) is 33.1 Å². The lowest BCUT2D eigenvalue weighted by molar-refractivity contribution is 0.0996. The second kappa shape index (κ2) is 8.05. The Kier molecular flexibility index (Phi) is 5.07. The molecule has 3 aromatic heterocycles. The molecule has 0 spiro atoms. The van der Waals surface area contributed by atoms with Gasteiger partial charge in [0.15, 0.2) is 11.6 Å². The second-order valence-electron chi connectivity index (χ2n) is 7.71. The van der Waals surface area contributed by atoms with Gasteiger partial charge >= 0.3 is 0 Å². The van der Waals surface area contributed by atoms with Crippen LogP contribution in [-0.4, -0.2) is 21.6 Å². The molecule has 1 aliphatic rings. The molecular weight excluding hydrogens is 424 g/mol. The Balaban J connectivity index is 1.41. The average molecular weight is 443 g/mol. The molecule has 0 aliphatic carbocycles.